The lowest BCUT2D eigenvalue weighted by atomic mass is 10.2. The van der Waals surface area contributed by atoms with Gasteiger partial charge in [-0.3, -0.25) is 4.98 Å². The van der Waals surface area contributed by atoms with E-state index >= 15 is 0 Å². The fraction of sp³-hybridized carbons (Fsp3) is 0.154. The van der Waals surface area contributed by atoms with Gasteiger partial charge in [-0.15, -0.1) is 0 Å². The van der Waals surface area contributed by atoms with E-state index in [1.54, 1.807) is 12.4 Å². The van der Waals surface area contributed by atoms with Crippen LogP contribution in [0, 0.1) is 6.92 Å². The molecule has 1 heterocycles. The highest BCUT2D eigenvalue weighted by Gasteiger charge is 2.01. The number of aromatic nitrogens is 1. The van der Waals surface area contributed by atoms with Crippen LogP contribution in [0.15, 0.2) is 45.6 Å². The molecule has 0 N–H and O–H groups in total. The van der Waals surface area contributed by atoms with Crippen molar-refractivity contribution in [3.8, 4) is 5.75 Å². The monoisotopic (exact) mass is 355 g/mol. The highest BCUT2D eigenvalue weighted by atomic mass is 79.9. The average Bonchev–Trinajstić information content (AvgIpc) is 2.30. The summed E-state index contributed by atoms with van der Waals surface area (Å²) in [6.07, 6.45) is 3.56. The summed E-state index contributed by atoms with van der Waals surface area (Å²) in [4.78, 5) is 4.10. The molecule has 17 heavy (non-hydrogen) atoms. The van der Waals surface area contributed by atoms with Gasteiger partial charge in [-0.25, -0.2) is 0 Å². The highest BCUT2D eigenvalue weighted by Crippen LogP contribution is 2.24. The van der Waals surface area contributed by atoms with E-state index in [4.69, 9.17) is 4.74 Å². The Balaban J connectivity index is 2.09. The summed E-state index contributed by atoms with van der Waals surface area (Å²) in [5, 5.41) is 0. The minimum Gasteiger partial charge on any atom is -0.489 e. The fourth-order valence-electron chi connectivity index (χ4n) is 1.43. The molecule has 2 aromatic rings. The Morgan fingerprint density at radius 3 is 2.71 bits per heavy atom. The molecule has 0 fully saturated rings. The van der Waals surface area contributed by atoms with Gasteiger partial charge in [0.25, 0.3) is 0 Å². The van der Waals surface area contributed by atoms with Crippen molar-refractivity contribution in [1.82, 2.24) is 4.98 Å². The fourth-order valence-corrected chi connectivity index (χ4v) is 2.18. The SMILES string of the molecule is Cc1ccc(Br)cc1OCc1cncc(Br)c1. The van der Waals surface area contributed by atoms with E-state index in [-0.39, 0.29) is 0 Å². The number of ether oxygens (including phenoxy) is 1. The van der Waals surface area contributed by atoms with Crippen LogP contribution in [0.2, 0.25) is 0 Å². The summed E-state index contributed by atoms with van der Waals surface area (Å²) in [6.45, 7) is 2.55. The van der Waals surface area contributed by atoms with Gasteiger partial charge in [0.2, 0.25) is 0 Å². The molecule has 88 valence electrons. The van der Waals surface area contributed by atoms with Gasteiger partial charge in [0.05, 0.1) is 0 Å². The number of halogens is 2. The second-order valence-electron chi connectivity index (χ2n) is 3.71. The van der Waals surface area contributed by atoms with Gasteiger partial charge in [0.15, 0.2) is 0 Å². The van der Waals surface area contributed by atoms with Gasteiger partial charge in [-0.2, -0.15) is 0 Å². The predicted octanol–water partition coefficient (Wildman–Crippen LogP) is 4.49. The number of pyridine rings is 1. The van der Waals surface area contributed by atoms with Crippen LogP contribution in [0.25, 0.3) is 0 Å². The Morgan fingerprint density at radius 2 is 1.94 bits per heavy atom. The first-order valence-electron chi connectivity index (χ1n) is 5.13. The first-order chi connectivity index (χ1) is 8.15. The minimum atomic E-state index is 0.518. The number of aryl methyl sites for hydroxylation is 1. The van der Waals surface area contributed by atoms with Crippen LogP contribution in [0.3, 0.4) is 0 Å². The molecule has 0 aliphatic rings. The largest absolute Gasteiger partial charge is 0.489 e. The van der Waals surface area contributed by atoms with E-state index in [1.165, 1.54) is 0 Å². The van der Waals surface area contributed by atoms with Crippen molar-refractivity contribution in [2.45, 2.75) is 13.5 Å². The van der Waals surface area contributed by atoms with Crippen molar-refractivity contribution in [1.29, 1.82) is 0 Å². The Morgan fingerprint density at radius 1 is 1.12 bits per heavy atom. The molecule has 0 aliphatic heterocycles. The predicted molar refractivity (Wildman–Crippen MR) is 75.1 cm³/mol. The normalized spacial score (nSPS) is 10.3. The zero-order valence-corrected chi connectivity index (χ0v) is 12.5. The van der Waals surface area contributed by atoms with Crippen LogP contribution in [-0.2, 0) is 6.61 Å². The van der Waals surface area contributed by atoms with Crippen molar-refractivity contribution in [3.05, 3.63) is 56.7 Å². The Bertz CT molecular complexity index is 529. The van der Waals surface area contributed by atoms with Crippen molar-refractivity contribution < 1.29 is 4.74 Å². The maximum absolute atomic E-state index is 5.77. The van der Waals surface area contributed by atoms with Gasteiger partial charge < -0.3 is 4.74 Å². The molecule has 0 radical (unpaired) electrons. The zero-order chi connectivity index (χ0) is 12.3. The first-order valence-corrected chi connectivity index (χ1v) is 6.72. The third kappa shape index (κ3) is 3.54. The molecular formula is C13H11Br2NO. The molecule has 1 aromatic heterocycles. The topological polar surface area (TPSA) is 22.1 Å². The molecule has 0 aliphatic carbocycles. The first kappa shape index (κ1) is 12.6. The third-order valence-electron chi connectivity index (χ3n) is 2.31. The summed E-state index contributed by atoms with van der Waals surface area (Å²) in [5.41, 5.74) is 2.16. The molecule has 0 unspecified atom stereocenters. The molecule has 0 amide bonds. The summed E-state index contributed by atoms with van der Waals surface area (Å²) < 4.78 is 7.75. The third-order valence-corrected chi connectivity index (χ3v) is 3.23. The molecule has 2 rings (SSSR count). The molecule has 0 spiro atoms. The van der Waals surface area contributed by atoms with Crippen LogP contribution >= 0.6 is 31.9 Å². The summed E-state index contributed by atoms with van der Waals surface area (Å²) in [5.74, 6) is 0.888. The van der Waals surface area contributed by atoms with Gasteiger partial charge in [-0.05, 0) is 46.6 Å². The minimum absolute atomic E-state index is 0.518. The maximum Gasteiger partial charge on any atom is 0.123 e. The van der Waals surface area contributed by atoms with Crippen LogP contribution in [0.4, 0.5) is 0 Å². The molecule has 2 nitrogen and oxygen atoms in total. The van der Waals surface area contributed by atoms with E-state index in [0.29, 0.717) is 6.61 Å². The standard InChI is InChI=1S/C13H11Br2NO/c1-9-2-3-11(14)5-13(9)17-8-10-4-12(15)7-16-6-10/h2-7H,8H2,1H3. The van der Waals surface area contributed by atoms with E-state index in [1.807, 2.05) is 31.2 Å². The maximum atomic E-state index is 5.77. The molecular weight excluding hydrogens is 346 g/mol. The van der Waals surface area contributed by atoms with Crippen molar-refractivity contribution in [3.63, 3.8) is 0 Å². The van der Waals surface area contributed by atoms with Gasteiger partial charge in [0, 0.05) is 26.9 Å². The second kappa shape index (κ2) is 5.65. The van der Waals surface area contributed by atoms with E-state index in [2.05, 4.69) is 36.8 Å². The van der Waals surface area contributed by atoms with E-state index in [0.717, 1.165) is 25.8 Å². The Labute approximate surface area is 117 Å². The number of benzene rings is 1. The lowest BCUT2D eigenvalue weighted by molar-refractivity contribution is 0.303. The number of hydrogen-bond donors (Lipinski definition) is 0. The van der Waals surface area contributed by atoms with Crippen LogP contribution < -0.4 is 4.74 Å². The van der Waals surface area contributed by atoms with Crippen molar-refractivity contribution >= 4 is 31.9 Å². The number of hydrogen-bond acceptors (Lipinski definition) is 2. The van der Waals surface area contributed by atoms with Gasteiger partial charge in [-0.1, -0.05) is 22.0 Å². The smallest absolute Gasteiger partial charge is 0.123 e. The van der Waals surface area contributed by atoms with Crippen LogP contribution in [0.5, 0.6) is 5.75 Å². The summed E-state index contributed by atoms with van der Waals surface area (Å²) in [6, 6.07) is 8.00. The molecule has 1 aromatic carbocycles. The second-order valence-corrected chi connectivity index (χ2v) is 5.54. The average molecular weight is 357 g/mol. The van der Waals surface area contributed by atoms with Crippen molar-refractivity contribution in [2.75, 3.05) is 0 Å². The Hall–Kier alpha value is -0.870. The molecule has 0 saturated carbocycles. The zero-order valence-electron chi connectivity index (χ0n) is 9.28. The molecule has 4 heteroatoms. The lowest BCUT2D eigenvalue weighted by Gasteiger charge is -2.09. The number of nitrogens with zero attached hydrogens (tertiary/aromatic N) is 1. The van der Waals surface area contributed by atoms with E-state index < -0.39 is 0 Å². The van der Waals surface area contributed by atoms with Crippen molar-refractivity contribution in [2.24, 2.45) is 0 Å². The Kier molecular flexibility index (Phi) is 4.18. The van der Waals surface area contributed by atoms with Gasteiger partial charge in [0.1, 0.15) is 12.4 Å². The highest BCUT2D eigenvalue weighted by molar-refractivity contribution is 9.10. The van der Waals surface area contributed by atoms with Crippen LogP contribution in [-0.4, -0.2) is 4.98 Å². The quantitative estimate of drug-likeness (QED) is 0.808. The van der Waals surface area contributed by atoms with Crippen LogP contribution in [0.1, 0.15) is 11.1 Å². The molecule has 0 atom stereocenters. The lowest BCUT2D eigenvalue weighted by Crippen LogP contribution is -1.97. The molecule has 0 bridgehead atoms. The summed E-state index contributed by atoms with van der Waals surface area (Å²) in [7, 11) is 0. The number of rotatable bonds is 3. The molecule has 0 saturated heterocycles. The summed E-state index contributed by atoms with van der Waals surface area (Å²) >= 11 is 6.82. The van der Waals surface area contributed by atoms with Gasteiger partial charge >= 0.3 is 0 Å². The van der Waals surface area contributed by atoms with E-state index in [9.17, 15) is 0 Å².